The lowest BCUT2D eigenvalue weighted by atomic mass is 10.0. The minimum atomic E-state index is -0.189. The maximum absolute atomic E-state index is 12.2. The molecular weight excluding hydrogens is 338 g/mol. The molecule has 0 atom stereocenters. The van der Waals surface area contributed by atoms with Crippen LogP contribution in [0.2, 0.25) is 0 Å². The van der Waals surface area contributed by atoms with Crippen molar-refractivity contribution in [2.45, 2.75) is 46.1 Å². The Morgan fingerprint density at radius 1 is 0.926 bits per heavy atom. The van der Waals surface area contributed by atoms with E-state index in [1.807, 2.05) is 36.4 Å². The quantitative estimate of drug-likeness (QED) is 0.711. The summed E-state index contributed by atoms with van der Waals surface area (Å²) < 4.78 is 0. The van der Waals surface area contributed by atoms with Gasteiger partial charge in [0.1, 0.15) is 6.54 Å². The molecule has 0 aliphatic rings. The van der Waals surface area contributed by atoms with Gasteiger partial charge in [0.05, 0.1) is 0 Å². The molecule has 3 aromatic rings. The van der Waals surface area contributed by atoms with Gasteiger partial charge in [-0.25, -0.2) is 0 Å². The van der Waals surface area contributed by atoms with Crippen molar-refractivity contribution in [1.82, 2.24) is 20.2 Å². The van der Waals surface area contributed by atoms with Gasteiger partial charge >= 0.3 is 0 Å². The molecule has 0 radical (unpaired) electrons. The number of benzene rings is 2. The number of anilines is 1. The standard InChI is InChI=1S/C21H25N5O/c1-14(2)16-5-7-18(8-6-16)21-23-25-26(24-21)13-20(27)22-19-11-9-17(10-12-19)15(3)4/h5-12,14-15H,13H2,1-4H3,(H,22,27). The maximum Gasteiger partial charge on any atom is 0.248 e. The lowest BCUT2D eigenvalue weighted by molar-refractivity contribution is -0.117. The fourth-order valence-electron chi connectivity index (χ4n) is 2.72. The van der Waals surface area contributed by atoms with E-state index in [1.165, 1.54) is 15.9 Å². The van der Waals surface area contributed by atoms with Gasteiger partial charge in [0.15, 0.2) is 0 Å². The van der Waals surface area contributed by atoms with Crippen molar-refractivity contribution in [3.63, 3.8) is 0 Å². The van der Waals surface area contributed by atoms with Crippen LogP contribution in [-0.2, 0) is 11.3 Å². The van der Waals surface area contributed by atoms with E-state index in [2.05, 4.69) is 60.6 Å². The van der Waals surface area contributed by atoms with Gasteiger partial charge in [0, 0.05) is 11.3 Å². The van der Waals surface area contributed by atoms with Crippen LogP contribution in [0.3, 0.4) is 0 Å². The van der Waals surface area contributed by atoms with Gasteiger partial charge in [-0.05, 0) is 40.3 Å². The lowest BCUT2D eigenvalue weighted by Gasteiger charge is -2.08. The average Bonchev–Trinajstić information content (AvgIpc) is 3.10. The Morgan fingerprint density at radius 3 is 2.04 bits per heavy atom. The number of nitrogens with one attached hydrogen (secondary N) is 1. The van der Waals surface area contributed by atoms with Gasteiger partial charge in [-0.3, -0.25) is 4.79 Å². The van der Waals surface area contributed by atoms with Gasteiger partial charge in [0.25, 0.3) is 0 Å². The summed E-state index contributed by atoms with van der Waals surface area (Å²) in [7, 11) is 0. The van der Waals surface area contributed by atoms with E-state index in [1.54, 1.807) is 0 Å². The van der Waals surface area contributed by atoms with Crippen LogP contribution in [0, 0.1) is 0 Å². The minimum absolute atomic E-state index is 0.0169. The number of carbonyl (C=O) groups excluding carboxylic acids is 1. The van der Waals surface area contributed by atoms with E-state index in [4.69, 9.17) is 0 Å². The van der Waals surface area contributed by atoms with Crippen LogP contribution in [0.1, 0.15) is 50.7 Å². The Hall–Kier alpha value is -3.02. The summed E-state index contributed by atoms with van der Waals surface area (Å²) in [5, 5.41) is 15.2. The van der Waals surface area contributed by atoms with Crippen molar-refractivity contribution in [3.8, 4) is 11.4 Å². The minimum Gasteiger partial charge on any atom is -0.324 e. The topological polar surface area (TPSA) is 72.7 Å². The van der Waals surface area contributed by atoms with E-state index in [0.717, 1.165) is 11.3 Å². The number of amides is 1. The first-order valence-corrected chi connectivity index (χ1v) is 9.20. The summed E-state index contributed by atoms with van der Waals surface area (Å²) in [4.78, 5) is 13.5. The zero-order chi connectivity index (χ0) is 19.4. The number of hydrogen-bond donors (Lipinski definition) is 1. The SMILES string of the molecule is CC(C)c1ccc(NC(=O)Cn2nnc(-c3ccc(C(C)C)cc3)n2)cc1. The molecule has 140 valence electrons. The fraction of sp³-hybridized carbons (Fsp3) is 0.333. The van der Waals surface area contributed by atoms with Crippen LogP contribution in [0.15, 0.2) is 48.5 Å². The molecule has 0 saturated heterocycles. The predicted octanol–water partition coefficient (Wildman–Crippen LogP) is 4.23. The third-order valence-electron chi connectivity index (χ3n) is 4.43. The van der Waals surface area contributed by atoms with Gasteiger partial charge in [0.2, 0.25) is 11.7 Å². The zero-order valence-electron chi connectivity index (χ0n) is 16.2. The molecule has 1 heterocycles. The molecule has 0 aliphatic heterocycles. The Kier molecular flexibility index (Phi) is 5.64. The van der Waals surface area contributed by atoms with Crippen molar-refractivity contribution in [3.05, 3.63) is 59.7 Å². The van der Waals surface area contributed by atoms with Gasteiger partial charge in [-0.15, -0.1) is 10.2 Å². The van der Waals surface area contributed by atoms with Crippen LogP contribution >= 0.6 is 0 Å². The molecule has 0 aliphatic carbocycles. The highest BCUT2D eigenvalue weighted by Gasteiger charge is 2.10. The molecule has 1 aromatic heterocycles. The maximum atomic E-state index is 12.2. The molecular formula is C21H25N5O. The normalized spacial score (nSPS) is 11.2. The number of tetrazole rings is 1. The second-order valence-corrected chi connectivity index (χ2v) is 7.25. The molecule has 0 unspecified atom stereocenters. The van der Waals surface area contributed by atoms with E-state index < -0.39 is 0 Å². The Labute approximate surface area is 159 Å². The van der Waals surface area contributed by atoms with Crippen molar-refractivity contribution >= 4 is 11.6 Å². The number of rotatable bonds is 6. The van der Waals surface area contributed by atoms with Crippen molar-refractivity contribution < 1.29 is 4.79 Å². The van der Waals surface area contributed by atoms with Gasteiger partial charge in [-0.2, -0.15) is 4.80 Å². The van der Waals surface area contributed by atoms with E-state index in [-0.39, 0.29) is 12.5 Å². The largest absolute Gasteiger partial charge is 0.324 e. The lowest BCUT2D eigenvalue weighted by Crippen LogP contribution is -2.20. The van der Waals surface area contributed by atoms with E-state index in [0.29, 0.717) is 17.7 Å². The highest BCUT2D eigenvalue weighted by atomic mass is 16.2. The molecule has 1 N–H and O–H groups in total. The first-order valence-electron chi connectivity index (χ1n) is 9.20. The van der Waals surface area contributed by atoms with Gasteiger partial charge in [-0.1, -0.05) is 64.1 Å². The molecule has 3 rings (SSSR count). The molecule has 0 spiro atoms. The van der Waals surface area contributed by atoms with Crippen LogP contribution < -0.4 is 5.32 Å². The zero-order valence-corrected chi connectivity index (χ0v) is 16.2. The predicted molar refractivity (Wildman–Crippen MR) is 107 cm³/mol. The average molecular weight is 363 g/mol. The summed E-state index contributed by atoms with van der Waals surface area (Å²) in [6.07, 6.45) is 0. The number of nitrogens with zero attached hydrogens (tertiary/aromatic N) is 4. The molecule has 27 heavy (non-hydrogen) atoms. The summed E-state index contributed by atoms with van der Waals surface area (Å²) >= 11 is 0. The third kappa shape index (κ3) is 4.78. The van der Waals surface area contributed by atoms with Gasteiger partial charge < -0.3 is 5.32 Å². The van der Waals surface area contributed by atoms with E-state index >= 15 is 0 Å². The monoisotopic (exact) mass is 363 g/mol. The highest BCUT2D eigenvalue weighted by molar-refractivity contribution is 5.90. The highest BCUT2D eigenvalue weighted by Crippen LogP contribution is 2.19. The smallest absolute Gasteiger partial charge is 0.248 e. The first kappa shape index (κ1) is 18.8. The molecule has 0 fully saturated rings. The molecule has 2 aromatic carbocycles. The third-order valence-corrected chi connectivity index (χ3v) is 4.43. The number of hydrogen-bond acceptors (Lipinski definition) is 4. The van der Waals surface area contributed by atoms with E-state index in [9.17, 15) is 4.79 Å². The molecule has 6 nitrogen and oxygen atoms in total. The molecule has 0 saturated carbocycles. The summed E-state index contributed by atoms with van der Waals surface area (Å²) in [6, 6.07) is 15.9. The summed E-state index contributed by atoms with van der Waals surface area (Å²) in [6.45, 7) is 8.59. The van der Waals surface area contributed by atoms with Crippen LogP contribution in [0.25, 0.3) is 11.4 Å². The van der Waals surface area contributed by atoms with Crippen molar-refractivity contribution in [2.24, 2.45) is 0 Å². The first-order chi connectivity index (χ1) is 12.9. The van der Waals surface area contributed by atoms with Crippen LogP contribution in [0.4, 0.5) is 5.69 Å². The van der Waals surface area contributed by atoms with Crippen molar-refractivity contribution in [1.29, 1.82) is 0 Å². The van der Waals surface area contributed by atoms with Crippen LogP contribution in [0.5, 0.6) is 0 Å². The fourth-order valence-corrected chi connectivity index (χ4v) is 2.72. The molecule has 0 bridgehead atoms. The second-order valence-electron chi connectivity index (χ2n) is 7.25. The number of carbonyl (C=O) groups is 1. The number of aromatic nitrogens is 4. The Bertz CT molecular complexity index is 895. The van der Waals surface area contributed by atoms with Crippen LogP contribution in [-0.4, -0.2) is 26.1 Å². The molecule has 6 heteroatoms. The van der Waals surface area contributed by atoms with Crippen molar-refractivity contribution in [2.75, 3.05) is 5.32 Å². The summed E-state index contributed by atoms with van der Waals surface area (Å²) in [5.74, 6) is 1.26. The summed E-state index contributed by atoms with van der Waals surface area (Å²) in [5.41, 5.74) is 4.14. The molecule has 1 amide bonds. The Balaban J connectivity index is 1.62. The second kappa shape index (κ2) is 8.12. The Morgan fingerprint density at radius 2 is 1.48 bits per heavy atom.